The Morgan fingerprint density at radius 1 is 1.05 bits per heavy atom. The molecule has 124 valence electrons. The van der Waals surface area contributed by atoms with Crippen LogP contribution >= 0.6 is 0 Å². The molecule has 0 bridgehead atoms. The lowest BCUT2D eigenvalue weighted by Crippen LogP contribution is -2.30. The fraction of sp³-hybridized carbons (Fsp3) is 0.944. The Kier molecular flexibility index (Phi) is 11.5. The highest BCUT2D eigenvalue weighted by molar-refractivity contribution is 5.75. The number of amides is 1. The van der Waals surface area contributed by atoms with E-state index in [0.29, 0.717) is 12.5 Å². The maximum atomic E-state index is 11.7. The zero-order valence-corrected chi connectivity index (χ0v) is 14.1. The molecule has 0 aliphatic carbocycles. The maximum Gasteiger partial charge on any atom is 0.219 e. The van der Waals surface area contributed by atoms with Gasteiger partial charge in [-0.05, 0) is 32.2 Å². The van der Waals surface area contributed by atoms with Crippen molar-refractivity contribution in [3.63, 3.8) is 0 Å². The fourth-order valence-electron chi connectivity index (χ4n) is 3.07. The van der Waals surface area contributed by atoms with Crippen molar-refractivity contribution >= 4 is 5.91 Å². The lowest BCUT2D eigenvalue weighted by molar-refractivity contribution is -0.121. The first-order chi connectivity index (χ1) is 10.3. The third-order valence-electron chi connectivity index (χ3n) is 4.48. The molecule has 0 radical (unpaired) electrons. The summed E-state index contributed by atoms with van der Waals surface area (Å²) >= 11 is 0. The molecular formula is C18H36N2O. The highest BCUT2D eigenvalue weighted by Crippen LogP contribution is 2.10. The van der Waals surface area contributed by atoms with Crippen LogP contribution in [0.1, 0.15) is 90.4 Å². The van der Waals surface area contributed by atoms with Crippen molar-refractivity contribution in [2.75, 3.05) is 13.1 Å². The van der Waals surface area contributed by atoms with Gasteiger partial charge in [-0.2, -0.15) is 0 Å². The van der Waals surface area contributed by atoms with E-state index in [2.05, 4.69) is 17.6 Å². The Labute approximate surface area is 131 Å². The van der Waals surface area contributed by atoms with Crippen LogP contribution in [0.25, 0.3) is 0 Å². The van der Waals surface area contributed by atoms with Gasteiger partial charge in [0.05, 0.1) is 0 Å². The number of hydrogen-bond donors (Lipinski definition) is 2. The van der Waals surface area contributed by atoms with Gasteiger partial charge in [0.15, 0.2) is 0 Å². The van der Waals surface area contributed by atoms with E-state index in [4.69, 9.17) is 0 Å². The molecule has 2 N–H and O–H groups in total. The predicted octanol–water partition coefficient (Wildman–Crippen LogP) is 4.17. The molecule has 3 heteroatoms. The Balaban J connectivity index is 1.78. The summed E-state index contributed by atoms with van der Waals surface area (Å²) in [5.74, 6) is 0.246. The summed E-state index contributed by atoms with van der Waals surface area (Å²) in [6.07, 6.45) is 16.2. The molecule has 1 amide bonds. The molecule has 1 atom stereocenters. The Morgan fingerprint density at radius 2 is 1.71 bits per heavy atom. The lowest BCUT2D eigenvalue weighted by Gasteiger charge is -2.10. The van der Waals surface area contributed by atoms with Gasteiger partial charge in [0, 0.05) is 19.0 Å². The van der Waals surface area contributed by atoms with E-state index < -0.39 is 0 Å². The zero-order chi connectivity index (χ0) is 15.2. The quantitative estimate of drug-likeness (QED) is 0.501. The van der Waals surface area contributed by atoms with Crippen LogP contribution in [0, 0.1) is 0 Å². The standard InChI is InChI=1S/C18H36N2O/c1-2-3-4-5-6-7-8-9-10-13-18(21)20-16-14-17-12-11-15-19-17/h17,19H,2-16H2,1H3,(H,20,21)/t17-/m0/s1. The van der Waals surface area contributed by atoms with E-state index in [1.165, 1.54) is 64.2 Å². The molecule has 3 nitrogen and oxygen atoms in total. The van der Waals surface area contributed by atoms with Gasteiger partial charge < -0.3 is 10.6 Å². The number of nitrogens with one attached hydrogen (secondary N) is 2. The molecule has 0 aromatic carbocycles. The Hall–Kier alpha value is -0.570. The number of carbonyl (C=O) groups excluding carboxylic acids is 1. The smallest absolute Gasteiger partial charge is 0.219 e. The lowest BCUT2D eigenvalue weighted by atomic mass is 10.1. The minimum Gasteiger partial charge on any atom is -0.356 e. The van der Waals surface area contributed by atoms with Crippen LogP contribution in [0.4, 0.5) is 0 Å². The van der Waals surface area contributed by atoms with E-state index in [1.807, 2.05) is 0 Å². The third-order valence-corrected chi connectivity index (χ3v) is 4.48. The van der Waals surface area contributed by atoms with Gasteiger partial charge in [0.25, 0.3) is 0 Å². The molecular weight excluding hydrogens is 260 g/mol. The zero-order valence-electron chi connectivity index (χ0n) is 14.1. The Bertz CT molecular complexity index is 250. The van der Waals surface area contributed by atoms with Crippen molar-refractivity contribution in [1.29, 1.82) is 0 Å². The van der Waals surface area contributed by atoms with Crippen LogP contribution in [0.15, 0.2) is 0 Å². The van der Waals surface area contributed by atoms with Crippen LogP contribution < -0.4 is 10.6 Å². The molecule has 1 heterocycles. The Morgan fingerprint density at radius 3 is 2.33 bits per heavy atom. The van der Waals surface area contributed by atoms with Gasteiger partial charge in [0.1, 0.15) is 0 Å². The summed E-state index contributed by atoms with van der Waals surface area (Å²) in [6, 6.07) is 0.637. The molecule has 1 rings (SSSR count). The van der Waals surface area contributed by atoms with Gasteiger partial charge in [0.2, 0.25) is 5.91 Å². The van der Waals surface area contributed by atoms with Crippen LogP contribution in [-0.4, -0.2) is 25.0 Å². The summed E-state index contributed by atoms with van der Waals surface area (Å²) in [4.78, 5) is 11.7. The van der Waals surface area contributed by atoms with Crippen molar-refractivity contribution in [3.05, 3.63) is 0 Å². The van der Waals surface area contributed by atoms with Crippen molar-refractivity contribution < 1.29 is 4.79 Å². The normalized spacial score (nSPS) is 18.0. The second-order valence-corrected chi connectivity index (χ2v) is 6.51. The largest absolute Gasteiger partial charge is 0.356 e. The monoisotopic (exact) mass is 296 g/mol. The van der Waals surface area contributed by atoms with Crippen LogP contribution in [-0.2, 0) is 4.79 Å². The van der Waals surface area contributed by atoms with Gasteiger partial charge in [-0.15, -0.1) is 0 Å². The molecule has 0 aromatic heterocycles. The highest BCUT2D eigenvalue weighted by atomic mass is 16.1. The summed E-state index contributed by atoms with van der Waals surface area (Å²) in [5, 5.41) is 6.52. The van der Waals surface area contributed by atoms with E-state index >= 15 is 0 Å². The average molecular weight is 296 g/mol. The molecule has 0 aromatic rings. The van der Waals surface area contributed by atoms with E-state index in [9.17, 15) is 4.79 Å². The van der Waals surface area contributed by atoms with Crippen molar-refractivity contribution in [2.24, 2.45) is 0 Å². The number of hydrogen-bond acceptors (Lipinski definition) is 2. The topological polar surface area (TPSA) is 41.1 Å². The number of unbranched alkanes of at least 4 members (excludes halogenated alkanes) is 8. The van der Waals surface area contributed by atoms with Crippen LogP contribution in [0.3, 0.4) is 0 Å². The molecule has 0 unspecified atom stereocenters. The predicted molar refractivity (Wildman–Crippen MR) is 90.5 cm³/mol. The summed E-state index contributed by atoms with van der Waals surface area (Å²) in [5.41, 5.74) is 0. The second-order valence-electron chi connectivity index (χ2n) is 6.51. The minimum absolute atomic E-state index is 0.246. The minimum atomic E-state index is 0.246. The highest BCUT2D eigenvalue weighted by Gasteiger charge is 2.13. The maximum absolute atomic E-state index is 11.7. The molecule has 1 aliphatic heterocycles. The van der Waals surface area contributed by atoms with Gasteiger partial charge >= 0.3 is 0 Å². The average Bonchev–Trinajstić information content (AvgIpc) is 2.99. The van der Waals surface area contributed by atoms with E-state index in [1.54, 1.807) is 0 Å². The van der Waals surface area contributed by atoms with Crippen molar-refractivity contribution in [3.8, 4) is 0 Å². The summed E-state index contributed by atoms with van der Waals surface area (Å²) in [7, 11) is 0. The van der Waals surface area contributed by atoms with Gasteiger partial charge in [-0.25, -0.2) is 0 Å². The number of rotatable bonds is 13. The van der Waals surface area contributed by atoms with Gasteiger partial charge in [-0.3, -0.25) is 4.79 Å². The molecule has 0 saturated carbocycles. The van der Waals surface area contributed by atoms with Crippen LogP contribution in [0.2, 0.25) is 0 Å². The second kappa shape index (κ2) is 13.1. The van der Waals surface area contributed by atoms with Crippen LogP contribution in [0.5, 0.6) is 0 Å². The molecule has 21 heavy (non-hydrogen) atoms. The van der Waals surface area contributed by atoms with Gasteiger partial charge in [-0.1, -0.05) is 58.3 Å². The molecule has 1 fully saturated rings. The van der Waals surface area contributed by atoms with E-state index in [-0.39, 0.29) is 5.91 Å². The number of carbonyl (C=O) groups is 1. The molecule has 0 spiro atoms. The summed E-state index contributed by atoms with van der Waals surface area (Å²) < 4.78 is 0. The first-order valence-corrected chi connectivity index (χ1v) is 9.33. The molecule has 1 saturated heterocycles. The summed E-state index contributed by atoms with van der Waals surface area (Å²) in [6.45, 7) is 4.25. The first kappa shape index (κ1) is 18.5. The van der Waals surface area contributed by atoms with Crippen molar-refractivity contribution in [1.82, 2.24) is 10.6 Å². The van der Waals surface area contributed by atoms with Crippen molar-refractivity contribution in [2.45, 2.75) is 96.4 Å². The molecule has 1 aliphatic rings. The SMILES string of the molecule is CCCCCCCCCCCC(=O)NCC[C@@H]1CCCN1. The first-order valence-electron chi connectivity index (χ1n) is 9.33. The van der Waals surface area contributed by atoms with E-state index in [0.717, 1.165) is 25.9 Å². The fourth-order valence-corrected chi connectivity index (χ4v) is 3.07. The third kappa shape index (κ3) is 10.8.